The molecule has 0 radical (unpaired) electrons. The summed E-state index contributed by atoms with van der Waals surface area (Å²) >= 11 is 0. The van der Waals surface area contributed by atoms with Crippen molar-refractivity contribution in [2.45, 2.75) is 6.54 Å². The van der Waals surface area contributed by atoms with Crippen LogP contribution < -0.4 is 10.1 Å². The van der Waals surface area contributed by atoms with Crippen LogP contribution in [-0.2, 0) is 6.54 Å². The zero-order valence-corrected chi connectivity index (χ0v) is 13.1. The number of oxazole rings is 1. The van der Waals surface area contributed by atoms with Gasteiger partial charge < -0.3 is 14.5 Å². The lowest BCUT2D eigenvalue weighted by molar-refractivity contribution is 0.440. The maximum Gasteiger partial charge on any atom is 0.295 e. The minimum atomic E-state index is -0.444. The van der Waals surface area contributed by atoms with E-state index in [-0.39, 0.29) is 5.75 Å². The van der Waals surface area contributed by atoms with Gasteiger partial charge in [-0.15, -0.1) is 0 Å². The van der Waals surface area contributed by atoms with Crippen LogP contribution in [0.15, 0.2) is 71.4 Å². The van der Waals surface area contributed by atoms with Crippen molar-refractivity contribution < 1.29 is 13.5 Å². The number of para-hydroxylation sites is 2. The fraction of sp³-hybridized carbons (Fsp3) is 0.0526. The Bertz CT molecular complexity index is 969. The van der Waals surface area contributed by atoms with Crippen molar-refractivity contribution in [3.8, 4) is 11.5 Å². The first kappa shape index (κ1) is 15.1. The molecule has 0 fully saturated rings. The highest BCUT2D eigenvalue weighted by molar-refractivity contribution is 5.74. The Hall–Kier alpha value is -3.41. The lowest BCUT2D eigenvalue weighted by Gasteiger charge is -2.08. The molecule has 0 saturated heterocycles. The van der Waals surface area contributed by atoms with Crippen LogP contribution in [0, 0.1) is 5.82 Å². The van der Waals surface area contributed by atoms with E-state index in [0.29, 0.717) is 23.9 Å². The van der Waals surface area contributed by atoms with Crippen LogP contribution in [0.25, 0.3) is 11.1 Å². The van der Waals surface area contributed by atoms with Crippen LogP contribution in [0.5, 0.6) is 11.5 Å². The average Bonchev–Trinajstić information content (AvgIpc) is 3.06. The molecule has 0 bridgehead atoms. The van der Waals surface area contributed by atoms with Crippen molar-refractivity contribution in [2.75, 3.05) is 5.32 Å². The van der Waals surface area contributed by atoms with E-state index in [1.807, 2.05) is 24.3 Å². The molecule has 0 unspecified atom stereocenters. The molecule has 25 heavy (non-hydrogen) atoms. The van der Waals surface area contributed by atoms with Crippen LogP contribution in [-0.4, -0.2) is 9.97 Å². The SMILES string of the molecule is Fc1cc(CNc2nc3ccccc3o2)ccc1Oc1cccnc1. The van der Waals surface area contributed by atoms with Gasteiger partial charge in [0, 0.05) is 12.7 Å². The number of hydrogen-bond acceptors (Lipinski definition) is 5. The van der Waals surface area contributed by atoms with Crippen molar-refractivity contribution in [1.82, 2.24) is 9.97 Å². The molecule has 2 aromatic carbocycles. The summed E-state index contributed by atoms with van der Waals surface area (Å²) in [6.45, 7) is 0.386. The van der Waals surface area contributed by atoms with E-state index in [1.165, 1.54) is 12.3 Å². The van der Waals surface area contributed by atoms with Crippen molar-refractivity contribution >= 4 is 17.1 Å². The van der Waals surface area contributed by atoms with Gasteiger partial charge >= 0.3 is 0 Å². The Morgan fingerprint density at radius 3 is 2.80 bits per heavy atom. The maximum atomic E-state index is 14.2. The van der Waals surface area contributed by atoms with Gasteiger partial charge in [-0.1, -0.05) is 18.2 Å². The van der Waals surface area contributed by atoms with Crippen LogP contribution in [0.3, 0.4) is 0 Å². The fourth-order valence-corrected chi connectivity index (χ4v) is 2.40. The van der Waals surface area contributed by atoms with Gasteiger partial charge in [0.2, 0.25) is 0 Å². The summed E-state index contributed by atoms with van der Waals surface area (Å²) in [6, 6.07) is 16.1. The second-order valence-electron chi connectivity index (χ2n) is 5.40. The number of fused-ring (bicyclic) bond motifs is 1. The first-order valence-corrected chi connectivity index (χ1v) is 7.74. The van der Waals surface area contributed by atoms with Gasteiger partial charge in [0.1, 0.15) is 11.3 Å². The first-order chi connectivity index (χ1) is 12.3. The molecular weight excluding hydrogens is 321 g/mol. The number of nitrogens with zero attached hydrogens (tertiary/aromatic N) is 2. The smallest absolute Gasteiger partial charge is 0.295 e. The Kier molecular flexibility index (Phi) is 4.00. The maximum absolute atomic E-state index is 14.2. The van der Waals surface area contributed by atoms with E-state index < -0.39 is 5.82 Å². The number of hydrogen-bond donors (Lipinski definition) is 1. The molecule has 0 spiro atoms. The van der Waals surface area contributed by atoms with Gasteiger partial charge in [0.15, 0.2) is 17.1 Å². The highest BCUT2D eigenvalue weighted by atomic mass is 19.1. The normalized spacial score (nSPS) is 10.8. The third-order valence-electron chi connectivity index (χ3n) is 3.60. The molecule has 5 nitrogen and oxygen atoms in total. The molecule has 0 amide bonds. The van der Waals surface area contributed by atoms with E-state index in [2.05, 4.69) is 15.3 Å². The Morgan fingerprint density at radius 1 is 1.08 bits per heavy atom. The van der Waals surface area contributed by atoms with Gasteiger partial charge in [0.25, 0.3) is 6.01 Å². The van der Waals surface area contributed by atoms with E-state index in [0.717, 1.165) is 11.1 Å². The number of benzene rings is 2. The van der Waals surface area contributed by atoms with Crippen molar-refractivity contribution in [2.24, 2.45) is 0 Å². The summed E-state index contributed by atoms with van der Waals surface area (Å²) in [7, 11) is 0. The van der Waals surface area contributed by atoms with Crippen LogP contribution >= 0.6 is 0 Å². The topological polar surface area (TPSA) is 60.2 Å². The summed E-state index contributed by atoms with van der Waals surface area (Å²) in [5.74, 6) is 0.193. The second kappa shape index (κ2) is 6.60. The lowest BCUT2D eigenvalue weighted by atomic mass is 10.2. The molecule has 4 rings (SSSR count). The van der Waals surface area contributed by atoms with Gasteiger partial charge in [-0.3, -0.25) is 4.98 Å². The third-order valence-corrected chi connectivity index (χ3v) is 3.60. The molecule has 4 aromatic rings. The largest absolute Gasteiger partial charge is 0.453 e. The standard InChI is InChI=1S/C19H14FN3O2/c20-15-10-13(7-8-17(15)24-14-4-3-9-21-12-14)11-22-19-23-16-5-1-2-6-18(16)25-19/h1-10,12H,11H2,(H,22,23). The molecule has 0 saturated carbocycles. The highest BCUT2D eigenvalue weighted by Crippen LogP contribution is 2.25. The summed E-state index contributed by atoms with van der Waals surface area (Å²) < 4.78 is 25.3. The number of aromatic nitrogens is 2. The minimum absolute atomic E-state index is 0.151. The molecule has 2 aromatic heterocycles. The fourth-order valence-electron chi connectivity index (χ4n) is 2.40. The molecule has 0 aliphatic heterocycles. The zero-order chi connectivity index (χ0) is 17.1. The summed E-state index contributed by atoms with van der Waals surface area (Å²) in [4.78, 5) is 8.25. The van der Waals surface area contributed by atoms with Gasteiger partial charge in [-0.25, -0.2) is 4.39 Å². The molecule has 6 heteroatoms. The Labute approximate surface area is 143 Å². The van der Waals surface area contributed by atoms with Crippen LogP contribution in [0.1, 0.15) is 5.56 Å². The molecular formula is C19H14FN3O2. The van der Waals surface area contributed by atoms with E-state index in [1.54, 1.807) is 30.5 Å². The molecule has 124 valence electrons. The molecule has 0 aliphatic rings. The summed E-state index contributed by atoms with van der Waals surface area (Å²) in [6.07, 6.45) is 3.16. The number of nitrogens with one attached hydrogen (secondary N) is 1. The van der Waals surface area contributed by atoms with Crippen molar-refractivity contribution in [3.63, 3.8) is 0 Å². The Morgan fingerprint density at radius 2 is 2.00 bits per heavy atom. The van der Waals surface area contributed by atoms with Gasteiger partial charge in [0.05, 0.1) is 6.20 Å². The van der Waals surface area contributed by atoms with Gasteiger partial charge in [-0.05, 0) is 42.0 Å². The molecule has 0 atom stereocenters. The lowest BCUT2D eigenvalue weighted by Crippen LogP contribution is -2.00. The number of rotatable bonds is 5. The van der Waals surface area contributed by atoms with Crippen LogP contribution in [0.2, 0.25) is 0 Å². The molecule has 1 N–H and O–H groups in total. The monoisotopic (exact) mass is 335 g/mol. The first-order valence-electron chi connectivity index (χ1n) is 7.74. The summed E-state index contributed by atoms with van der Waals surface area (Å²) in [5.41, 5.74) is 2.23. The molecule has 0 aliphatic carbocycles. The second-order valence-corrected chi connectivity index (χ2v) is 5.40. The van der Waals surface area contributed by atoms with Crippen molar-refractivity contribution in [1.29, 1.82) is 0 Å². The van der Waals surface area contributed by atoms with Crippen LogP contribution in [0.4, 0.5) is 10.4 Å². The predicted molar refractivity (Wildman–Crippen MR) is 92.0 cm³/mol. The zero-order valence-electron chi connectivity index (χ0n) is 13.1. The van der Waals surface area contributed by atoms with Crippen molar-refractivity contribution in [3.05, 3.63) is 78.4 Å². The number of halogens is 1. The minimum Gasteiger partial charge on any atom is -0.453 e. The molecule has 2 heterocycles. The van der Waals surface area contributed by atoms with E-state index in [9.17, 15) is 4.39 Å². The number of anilines is 1. The average molecular weight is 335 g/mol. The third kappa shape index (κ3) is 3.42. The van der Waals surface area contributed by atoms with E-state index >= 15 is 0 Å². The Balaban J connectivity index is 1.45. The quantitative estimate of drug-likeness (QED) is 0.569. The predicted octanol–water partition coefficient (Wildman–Crippen LogP) is 4.77. The summed E-state index contributed by atoms with van der Waals surface area (Å²) in [5, 5.41) is 3.05. The highest BCUT2D eigenvalue weighted by Gasteiger charge is 2.08. The van der Waals surface area contributed by atoms with E-state index in [4.69, 9.17) is 9.15 Å². The van der Waals surface area contributed by atoms with Gasteiger partial charge in [-0.2, -0.15) is 4.98 Å². The number of ether oxygens (including phenoxy) is 1. The number of pyridine rings is 1.